The maximum absolute atomic E-state index is 6.11. The summed E-state index contributed by atoms with van der Waals surface area (Å²) in [5.74, 6) is 1.00. The van der Waals surface area contributed by atoms with Gasteiger partial charge in [-0.2, -0.15) is 0 Å². The summed E-state index contributed by atoms with van der Waals surface area (Å²) >= 11 is 0. The molecule has 3 aromatic heterocycles. The molecular formula is C46H36N4O. The lowest BCUT2D eigenvalue weighted by Crippen LogP contribution is -1.92. The Balaban J connectivity index is 0.887. The van der Waals surface area contributed by atoms with Crippen LogP contribution in [0.1, 0.15) is 36.1 Å². The molecule has 0 N–H and O–H groups in total. The van der Waals surface area contributed by atoms with Crippen molar-refractivity contribution in [3.8, 4) is 22.9 Å². The van der Waals surface area contributed by atoms with Crippen molar-refractivity contribution in [3.05, 3.63) is 156 Å². The van der Waals surface area contributed by atoms with E-state index in [1.54, 1.807) is 0 Å². The Hall–Kier alpha value is -6.46. The molecule has 5 heteroatoms. The fraction of sp³-hybridized carbons (Fsp3) is 0.0870. The minimum Gasteiger partial charge on any atom is -0.416 e. The van der Waals surface area contributed by atoms with Crippen LogP contribution in [0.2, 0.25) is 0 Å². The van der Waals surface area contributed by atoms with Gasteiger partial charge in [-0.3, -0.25) is 0 Å². The zero-order valence-electron chi connectivity index (χ0n) is 28.6. The number of para-hydroxylation sites is 2. The lowest BCUT2D eigenvalue weighted by atomic mass is 10.1. The third-order valence-corrected chi connectivity index (χ3v) is 9.90. The molecule has 9 aromatic rings. The molecule has 0 unspecified atom stereocenters. The summed E-state index contributed by atoms with van der Waals surface area (Å²) in [4.78, 5) is 0. The van der Waals surface area contributed by atoms with E-state index in [9.17, 15) is 0 Å². The van der Waals surface area contributed by atoms with Crippen LogP contribution in [0.3, 0.4) is 0 Å². The van der Waals surface area contributed by atoms with Crippen molar-refractivity contribution in [3.63, 3.8) is 0 Å². The van der Waals surface area contributed by atoms with Gasteiger partial charge in [0.1, 0.15) is 0 Å². The first-order valence-electron chi connectivity index (χ1n) is 17.6. The SMILES string of the molecule is CCn1c2ccccc2c2cc(/C=C/c3ccc(-c4nnc(-c5ccc(/C=C/c6ccc7c(c6)c6ccccc6n7CC)cc5)o4)cc3)ccc21. The van der Waals surface area contributed by atoms with Crippen molar-refractivity contribution in [2.24, 2.45) is 0 Å². The summed E-state index contributed by atoms with van der Waals surface area (Å²) in [7, 11) is 0. The van der Waals surface area contributed by atoms with Crippen molar-refractivity contribution in [2.45, 2.75) is 26.9 Å². The predicted molar refractivity (Wildman–Crippen MR) is 213 cm³/mol. The molecule has 0 saturated heterocycles. The Labute approximate surface area is 296 Å². The van der Waals surface area contributed by atoms with Gasteiger partial charge in [0.25, 0.3) is 0 Å². The Bertz CT molecular complexity index is 2570. The summed E-state index contributed by atoms with van der Waals surface area (Å²) in [6.07, 6.45) is 8.62. The summed E-state index contributed by atoms with van der Waals surface area (Å²) in [6.45, 7) is 6.29. The van der Waals surface area contributed by atoms with E-state index in [-0.39, 0.29) is 0 Å². The number of benzene rings is 6. The topological polar surface area (TPSA) is 48.8 Å². The highest BCUT2D eigenvalue weighted by atomic mass is 16.4. The Morgan fingerprint density at radius 3 is 1.24 bits per heavy atom. The zero-order chi connectivity index (χ0) is 34.3. The van der Waals surface area contributed by atoms with Crippen molar-refractivity contribution < 1.29 is 4.42 Å². The van der Waals surface area contributed by atoms with E-state index >= 15 is 0 Å². The second kappa shape index (κ2) is 12.8. The van der Waals surface area contributed by atoms with Crippen LogP contribution in [0.15, 0.2) is 138 Å². The molecule has 0 spiro atoms. The Kier molecular flexibility index (Phi) is 7.66. The molecule has 6 aromatic carbocycles. The van der Waals surface area contributed by atoms with Crippen molar-refractivity contribution >= 4 is 67.9 Å². The van der Waals surface area contributed by atoms with Gasteiger partial charge in [-0.15, -0.1) is 10.2 Å². The predicted octanol–water partition coefficient (Wildman–Crippen LogP) is 12.0. The van der Waals surface area contributed by atoms with E-state index in [2.05, 4.69) is 167 Å². The molecule has 0 aliphatic heterocycles. The Morgan fingerprint density at radius 2 is 0.804 bits per heavy atom. The van der Waals surface area contributed by atoms with Crippen molar-refractivity contribution in [2.75, 3.05) is 0 Å². The van der Waals surface area contributed by atoms with E-state index < -0.39 is 0 Å². The lowest BCUT2D eigenvalue weighted by molar-refractivity contribution is 0.584. The van der Waals surface area contributed by atoms with E-state index in [0.29, 0.717) is 11.8 Å². The van der Waals surface area contributed by atoms with E-state index in [1.807, 2.05) is 24.3 Å². The number of aryl methyl sites for hydroxylation is 2. The zero-order valence-corrected chi connectivity index (χ0v) is 28.6. The van der Waals surface area contributed by atoms with E-state index in [0.717, 1.165) is 35.3 Å². The van der Waals surface area contributed by atoms with Crippen LogP contribution in [0.5, 0.6) is 0 Å². The van der Waals surface area contributed by atoms with Crippen molar-refractivity contribution in [1.29, 1.82) is 0 Å². The molecule has 0 saturated carbocycles. The maximum Gasteiger partial charge on any atom is 0.248 e. The summed E-state index contributed by atoms with van der Waals surface area (Å²) in [5.41, 5.74) is 11.4. The number of nitrogens with zero attached hydrogens (tertiary/aromatic N) is 4. The standard InChI is InChI=1S/C46H36N4O/c1-3-49-41-11-7-5-9-37(41)39-29-33(21-27-43(39)49)15-13-31-17-23-35(24-18-31)45-47-48-46(51-45)36-25-19-32(20-26-36)14-16-34-22-28-44-40(30-34)38-10-6-8-12-42(38)50(44)4-2/h5-30H,3-4H2,1-2H3/b15-13+,16-14+. The third kappa shape index (κ3) is 5.53. The summed E-state index contributed by atoms with van der Waals surface area (Å²) in [6, 6.07) is 47.1. The second-order valence-corrected chi connectivity index (χ2v) is 12.9. The van der Waals surface area contributed by atoms with Gasteiger partial charge in [0.2, 0.25) is 11.8 Å². The highest BCUT2D eigenvalue weighted by molar-refractivity contribution is 6.09. The number of fused-ring (bicyclic) bond motifs is 6. The average molecular weight is 661 g/mol. The Morgan fingerprint density at radius 1 is 0.431 bits per heavy atom. The van der Waals surface area contributed by atoms with Crippen LogP contribution >= 0.6 is 0 Å². The maximum atomic E-state index is 6.11. The van der Waals surface area contributed by atoms with Gasteiger partial charge in [-0.05, 0) is 96.8 Å². The highest BCUT2D eigenvalue weighted by Crippen LogP contribution is 2.32. The van der Waals surface area contributed by atoms with Gasteiger partial charge in [0.05, 0.1) is 0 Å². The number of aromatic nitrogens is 4. The first kappa shape index (κ1) is 30.6. The van der Waals surface area contributed by atoms with Crippen LogP contribution < -0.4 is 0 Å². The fourth-order valence-electron chi connectivity index (χ4n) is 7.35. The van der Waals surface area contributed by atoms with Crippen molar-refractivity contribution in [1.82, 2.24) is 19.3 Å². The largest absolute Gasteiger partial charge is 0.416 e. The molecule has 9 rings (SSSR count). The quantitative estimate of drug-likeness (QED) is 0.152. The van der Waals surface area contributed by atoms with Gasteiger partial charge in [-0.25, -0.2) is 0 Å². The molecule has 51 heavy (non-hydrogen) atoms. The molecular weight excluding hydrogens is 625 g/mol. The van der Waals surface area contributed by atoms with E-state index in [4.69, 9.17) is 4.42 Å². The molecule has 3 heterocycles. The van der Waals surface area contributed by atoms with Gasteiger partial charge < -0.3 is 13.6 Å². The first-order chi connectivity index (χ1) is 25.2. The molecule has 5 nitrogen and oxygen atoms in total. The van der Waals surface area contributed by atoms with Gasteiger partial charge in [-0.1, -0.05) is 97.1 Å². The number of hydrogen-bond acceptors (Lipinski definition) is 3. The molecule has 0 bridgehead atoms. The average Bonchev–Trinajstić information content (AvgIpc) is 3.89. The fourth-order valence-corrected chi connectivity index (χ4v) is 7.35. The van der Waals surface area contributed by atoms with Gasteiger partial charge in [0.15, 0.2) is 0 Å². The molecule has 246 valence electrons. The highest BCUT2D eigenvalue weighted by Gasteiger charge is 2.12. The monoisotopic (exact) mass is 660 g/mol. The summed E-state index contributed by atoms with van der Waals surface area (Å²) < 4.78 is 10.9. The van der Waals surface area contributed by atoms with Crippen LogP contribution in [0, 0.1) is 0 Å². The third-order valence-electron chi connectivity index (χ3n) is 9.90. The van der Waals surface area contributed by atoms with E-state index in [1.165, 1.54) is 54.7 Å². The van der Waals surface area contributed by atoms with Gasteiger partial charge in [0, 0.05) is 67.8 Å². The minimum absolute atomic E-state index is 0.502. The smallest absolute Gasteiger partial charge is 0.248 e. The van der Waals surface area contributed by atoms with Crippen LogP contribution in [-0.4, -0.2) is 19.3 Å². The summed E-state index contributed by atoms with van der Waals surface area (Å²) in [5, 5.41) is 13.9. The molecule has 0 amide bonds. The first-order valence-corrected chi connectivity index (χ1v) is 17.6. The second-order valence-electron chi connectivity index (χ2n) is 12.9. The van der Waals surface area contributed by atoms with Crippen LogP contribution in [0.25, 0.3) is 90.8 Å². The molecule has 0 atom stereocenters. The molecule has 0 radical (unpaired) electrons. The minimum atomic E-state index is 0.502. The van der Waals surface area contributed by atoms with Crippen LogP contribution in [0.4, 0.5) is 0 Å². The lowest BCUT2D eigenvalue weighted by Gasteiger charge is -2.03. The normalized spacial score (nSPS) is 12.1. The van der Waals surface area contributed by atoms with Crippen LogP contribution in [-0.2, 0) is 13.1 Å². The molecule has 0 fully saturated rings. The molecule has 0 aliphatic rings. The molecule has 0 aliphatic carbocycles. The number of rotatable bonds is 8. The number of hydrogen-bond donors (Lipinski definition) is 0. The van der Waals surface area contributed by atoms with Gasteiger partial charge >= 0.3 is 0 Å².